The molecule has 8 aromatic carbocycles. The van der Waals surface area contributed by atoms with Gasteiger partial charge in [-0.15, -0.1) is 0 Å². The van der Waals surface area contributed by atoms with Gasteiger partial charge < -0.3 is 4.42 Å². The third-order valence-corrected chi connectivity index (χ3v) is 10.9. The molecule has 3 aromatic heterocycles. The van der Waals surface area contributed by atoms with E-state index in [1.54, 1.807) is 0 Å². The standard InChI is InChI=1S/C53H33N3O/c1-4-14-34(15-5-1)35-24-30-40(31-25-35)53-55-45(36-16-6-2-7-17-36)33-46(56-53)37-26-28-39(29-27-37)52-43-32-48-51(42-21-11-13-23-47(42)57-48)49(38-18-8-3-9-19-38)50(43)41-20-10-12-22-44(41)54-52/h1-33H. The summed E-state index contributed by atoms with van der Waals surface area (Å²) in [5, 5.41) is 5.53. The number of fused-ring (bicyclic) bond motifs is 6. The molecule has 4 nitrogen and oxygen atoms in total. The summed E-state index contributed by atoms with van der Waals surface area (Å²) in [6.07, 6.45) is 0. The van der Waals surface area contributed by atoms with Crippen molar-refractivity contribution in [3.05, 3.63) is 200 Å². The van der Waals surface area contributed by atoms with Gasteiger partial charge in [-0.1, -0.05) is 176 Å². The van der Waals surface area contributed by atoms with Gasteiger partial charge in [0.2, 0.25) is 0 Å². The molecule has 0 N–H and O–H groups in total. The van der Waals surface area contributed by atoms with Crippen molar-refractivity contribution in [2.24, 2.45) is 0 Å². The summed E-state index contributed by atoms with van der Waals surface area (Å²) in [7, 11) is 0. The molecule has 0 aliphatic rings. The minimum Gasteiger partial charge on any atom is -0.456 e. The van der Waals surface area contributed by atoms with E-state index in [1.807, 2.05) is 36.4 Å². The van der Waals surface area contributed by atoms with Crippen LogP contribution >= 0.6 is 0 Å². The fourth-order valence-corrected chi connectivity index (χ4v) is 8.15. The second-order valence-electron chi connectivity index (χ2n) is 14.3. The van der Waals surface area contributed by atoms with Gasteiger partial charge >= 0.3 is 0 Å². The third kappa shape index (κ3) is 5.74. The molecule has 0 spiro atoms. The number of benzene rings is 8. The lowest BCUT2D eigenvalue weighted by Crippen LogP contribution is -1.96. The van der Waals surface area contributed by atoms with Crippen molar-refractivity contribution in [1.82, 2.24) is 15.0 Å². The van der Waals surface area contributed by atoms with Gasteiger partial charge in [-0.3, -0.25) is 0 Å². The van der Waals surface area contributed by atoms with Gasteiger partial charge in [-0.25, -0.2) is 15.0 Å². The van der Waals surface area contributed by atoms with Crippen molar-refractivity contribution >= 4 is 43.6 Å². The fourth-order valence-electron chi connectivity index (χ4n) is 8.15. The van der Waals surface area contributed by atoms with Crippen molar-refractivity contribution in [3.8, 4) is 67.4 Å². The number of hydrogen-bond acceptors (Lipinski definition) is 4. The van der Waals surface area contributed by atoms with Crippen LogP contribution in [-0.4, -0.2) is 15.0 Å². The molecule has 0 aliphatic carbocycles. The molecule has 4 heteroatoms. The monoisotopic (exact) mass is 727 g/mol. The molecule has 3 heterocycles. The summed E-state index contributed by atoms with van der Waals surface area (Å²) in [6.45, 7) is 0. The van der Waals surface area contributed by atoms with Gasteiger partial charge in [-0.05, 0) is 41.0 Å². The van der Waals surface area contributed by atoms with Crippen LogP contribution in [0.4, 0.5) is 0 Å². The Morgan fingerprint density at radius 3 is 1.53 bits per heavy atom. The van der Waals surface area contributed by atoms with Gasteiger partial charge in [0.25, 0.3) is 0 Å². The SMILES string of the molecule is c1ccc(-c2ccc(-c3nc(-c4ccccc4)cc(-c4ccc(-c5nc6ccccc6c6c(-c7ccccc7)c7c(cc56)oc5ccccc57)cc4)n3)cc2)cc1. The Kier molecular flexibility index (Phi) is 7.78. The number of rotatable bonds is 6. The highest BCUT2D eigenvalue weighted by atomic mass is 16.3. The summed E-state index contributed by atoms with van der Waals surface area (Å²) < 4.78 is 6.58. The first-order chi connectivity index (χ1) is 28.2. The number of furan rings is 1. The van der Waals surface area contributed by atoms with Gasteiger partial charge in [0.05, 0.1) is 22.6 Å². The molecule has 11 rings (SSSR count). The number of para-hydroxylation sites is 2. The molecule has 0 unspecified atom stereocenters. The van der Waals surface area contributed by atoms with Crippen LogP contribution in [0.25, 0.3) is 111 Å². The average Bonchev–Trinajstić information content (AvgIpc) is 3.67. The van der Waals surface area contributed by atoms with Crippen LogP contribution in [0.5, 0.6) is 0 Å². The number of hydrogen-bond donors (Lipinski definition) is 0. The Hall–Kier alpha value is -7.69. The average molecular weight is 728 g/mol. The van der Waals surface area contributed by atoms with Crippen molar-refractivity contribution in [2.45, 2.75) is 0 Å². The molecule has 0 amide bonds. The van der Waals surface area contributed by atoms with Crippen LogP contribution in [-0.2, 0) is 0 Å². The van der Waals surface area contributed by atoms with Gasteiger partial charge in [0.1, 0.15) is 11.2 Å². The van der Waals surface area contributed by atoms with Crippen LogP contribution in [0.2, 0.25) is 0 Å². The molecule has 0 aliphatic heterocycles. The van der Waals surface area contributed by atoms with E-state index in [2.05, 4.69) is 164 Å². The summed E-state index contributed by atoms with van der Waals surface area (Å²) in [6, 6.07) is 69.5. The summed E-state index contributed by atoms with van der Waals surface area (Å²) in [5.74, 6) is 0.681. The lowest BCUT2D eigenvalue weighted by Gasteiger charge is -2.16. The van der Waals surface area contributed by atoms with Crippen LogP contribution in [0.3, 0.4) is 0 Å². The molecule has 0 bridgehead atoms. The van der Waals surface area contributed by atoms with Crippen LogP contribution in [0, 0.1) is 0 Å². The van der Waals surface area contributed by atoms with E-state index in [0.29, 0.717) is 5.82 Å². The van der Waals surface area contributed by atoms with Crippen LogP contribution in [0.15, 0.2) is 205 Å². The molecule has 0 radical (unpaired) electrons. The zero-order chi connectivity index (χ0) is 37.7. The quantitative estimate of drug-likeness (QED) is 0.160. The van der Waals surface area contributed by atoms with Gasteiger partial charge in [0.15, 0.2) is 5.82 Å². The molecule has 0 fully saturated rings. The van der Waals surface area contributed by atoms with E-state index < -0.39 is 0 Å². The Morgan fingerprint density at radius 2 is 0.825 bits per heavy atom. The minimum absolute atomic E-state index is 0.681. The van der Waals surface area contributed by atoms with E-state index in [4.69, 9.17) is 19.4 Å². The molecular formula is C53H33N3O. The van der Waals surface area contributed by atoms with Crippen molar-refractivity contribution in [1.29, 1.82) is 0 Å². The summed E-state index contributed by atoms with van der Waals surface area (Å²) in [5.41, 5.74) is 13.9. The number of nitrogens with zero attached hydrogens (tertiary/aromatic N) is 3. The fraction of sp³-hybridized carbons (Fsp3) is 0. The van der Waals surface area contributed by atoms with Crippen LogP contribution in [0.1, 0.15) is 0 Å². The maximum absolute atomic E-state index is 6.58. The molecule has 57 heavy (non-hydrogen) atoms. The van der Waals surface area contributed by atoms with Gasteiger partial charge in [-0.2, -0.15) is 0 Å². The zero-order valence-corrected chi connectivity index (χ0v) is 30.8. The van der Waals surface area contributed by atoms with Crippen LogP contribution < -0.4 is 0 Å². The third-order valence-electron chi connectivity index (χ3n) is 10.9. The van der Waals surface area contributed by atoms with E-state index in [9.17, 15) is 0 Å². The predicted octanol–water partition coefficient (Wildman–Crippen LogP) is 14.1. The van der Waals surface area contributed by atoms with Crippen molar-refractivity contribution < 1.29 is 4.42 Å². The minimum atomic E-state index is 0.681. The van der Waals surface area contributed by atoms with E-state index in [0.717, 1.165) is 99.6 Å². The topological polar surface area (TPSA) is 51.8 Å². The lowest BCUT2D eigenvalue weighted by molar-refractivity contribution is 0.669. The normalized spacial score (nSPS) is 11.5. The molecule has 0 saturated carbocycles. The number of aromatic nitrogens is 3. The molecular weight excluding hydrogens is 695 g/mol. The highest BCUT2D eigenvalue weighted by Crippen LogP contribution is 2.46. The first kappa shape index (κ1) is 32.7. The summed E-state index contributed by atoms with van der Waals surface area (Å²) in [4.78, 5) is 15.6. The number of pyridine rings is 1. The largest absolute Gasteiger partial charge is 0.456 e. The smallest absolute Gasteiger partial charge is 0.160 e. The second-order valence-corrected chi connectivity index (χ2v) is 14.3. The molecule has 0 saturated heterocycles. The zero-order valence-electron chi connectivity index (χ0n) is 30.8. The highest BCUT2D eigenvalue weighted by molar-refractivity contribution is 6.27. The lowest BCUT2D eigenvalue weighted by atomic mass is 9.89. The van der Waals surface area contributed by atoms with Gasteiger partial charge in [0, 0.05) is 54.7 Å². The summed E-state index contributed by atoms with van der Waals surface area (Å²) >= 11 is 0. The Balaban J connectivity index is 1.08. The van der Waals surface area contributed by atoms with Crippen molar-refractivity contribution in [2.75, 3.05) is 0 Å². The molecule has 0 atom stereocenters. The molecule has 11 aromatic rings. The first-order valence-electron chi connectivity index (χ1n) is 19.2. The van der Waals surface area contributed by atoms with E-state index >= 15 is 0 Å². The predicted molar refractivity (Wildman–Crippen MR) is 235 cm³/mol. The van der Waals surface area contributed by atoms with Crippen molar-refractivity contribution in [3.63, 3.8) is 0 Å². The Bertz CT molecular complexity index is 3250. The van der Waals surface area contributed by atoms with E-state index in [-0.39, 0.29) is 0 Å². The second kappa shape index (κ2) is 13.6. The highest BCUT2D eigenvalue weighted by Gasteiger charge is 2.22. The Labute approximate surface area is 329 Å². The Morgan fingerprint density at radius 1 is 0.316 bits per heavy atom. The maximum atomic E-state index is 6.58. The first-order valence-corrected chi connectivity index (χ1v) is 19.2. The van der Waals surface area contributed by atoms with E-state index in [1.165, 1.54) is 5.56 Å². The maximum Gasteiger partial charge on any atom is 0.160 e. The molecule has 266 valence electrons.